The number of likely N-dealkylation sites (tertiary alicyclic amines) is 1. The lowest BCUT2D eigenvalue weighted by Gasteiger charge is -2.38. The highest BCUT2D eigenvalue weighted by Crippen LogP contribution is 2.44. The molecule has 1 aromatic carbocycles. The van der Waals surface area contributed by atoms with E-state index in [0.717, 1.165) is 44.6 Å². The number of amides is 1. The number of fused-ring (bicyclic) bond motifs is 1. The van der Waals surface area contributed by atoms with E-state index in [1.165, 1.54) is 23.5 Å². The Morgan fingerprint density at radius 2 is 1.73 bits per heavy atom. The molecule has 7 rings (SSSR count). The highest BCUT2D eigenvalue weighted by Gasteiger charge is 2.34. The van der Waals surface area contributed by atoms with Crippen molar-refractivity contribution in [2.45, 2.75) is 31.7 Å². The van der Waals surface area contributed by atoms with Gasteiger partial charge in [0, 0.05) is 44.7 Å². The van der Waals surface area contributed by atoms with E-state index in [1.54, 1.807) is 12.1 Å². The fourth-order valence-corrected chi connectivity index (χ4v) is 7.07. The maximum atomic E-state index is 15.5. The number of nitrogens with zero attached hydrogens (tertiary/aromatic N) is 9. The molecule has 1 aliphatic carbocycles. The molecule has 0 spiro atoms. The Hall–Kier alpha value is -4.15. The number of carbonyl (C=O) groups excluding carboxylic acids is 1. The van der Waals surface area contributed by atoms with Crippen LogP contribution < -0.4 is 9.80 Å². The molecule has 3 aliphatic rings. The number of halogens is 2. The number of piperazine rings is 1. The Labute approximate surface area is 258 Å². The van der Waals surface area contributed by atoms with Gasteiger partial charge in [0.15, 0.2) is 10.8 Å². The lowest BCUT2D eigenvalue weighted by atomic mass is 9.95. The molecule has 2 aliphatic heterocycles. The van der Waals surface area contributed by atoms with Crippen molar-refractivity contribution in [3.05, 3.63) is 47.0 Å². The molecular formula is C31H33F2N9OS. The van der Waals surface area contributed by atoms with Crippen molar-refractivity contribution in [3.8, 4) is 17.3 Å². The summed E-state index contributed by atoms with van der Waals surface area (Å²) in [5.41, 5.74) is 1.84. The van der Waals surface area contributed by atoms with E-state index >= 15 is 4.39 Å². The highest BCUT2D eigenvalue weighted by molar-refractivity contribution is 7.16. The number of anilines is 3. The second-order valence-electron chi connectivity index (χ2n) is 11.9. The number of carbonyl (C=O) groups is 1. The Kier molecular flexibility index (Phi) is 7.42. The van der Waals surface area contributed by atoms with Gasteiger partial charge in [0.2, 0.25) is 11.9 Å². The third-order valence-electron chi connectivity index (χ3n) is 8.93. The Balaban J connectivity index is 1.18. The van der Waals surface area contributed by atoms with Gasteiger partial charge < -0.3 is 19.6 Å². The third kappa shape index (κ3) is 5.26. The van der Waals surface area contributed by atoms with E-state index in [-0.39, 0.29) is 23.7 Å². The fourth-order valence-electron chi connectivity index (χ4n) is 6.22. The van der Waals surface area contributed by atoms with Crippen molar-refractivity contribution in [1.29, 1.82) is 5.26 Å². The molecule has 2 saturated heterocycles. The van der Waals surface area contributed by atoms with E-state index in [0.29, 0.717) is 64.2 Å². The number of piperidine rings is 1. The van der Waals surface area contributed by atoms with E-state index in [9.17, 15) is 14.4 Å². The first-order chi connectivity index (χ1) is 21.3. The first kappa shape index (κ1) is 28.6. The summed E-state index contributed by atoms with van der Waals surface area (Å²) >= 11 is 1.24. The van der Waals surface area contributed by atoms with Crippen LogP contribution in [-0.4, -0.2) is 88.8 Å². The molecule has 4 aromatic rings. The minimum atomic E-state index is -0.582. The van der Waals surface area contributed by atoms with Crippen LogP contribution in [0.3, 0.4) is 0 Å². The monoisotopic (exact) mass is 617 g/mol. The summed E-state index contributed by atoms with van der Waals surface area (Å²) in [5.74, 6) is 0.0648. The minimum Gasteiger partial charge on any atom is -0.364 e. The van der Waals surface area contributed by atoms with Crippen LogP contribution in [0.4, 0.5) is 25.4 Å². The molecule has 1 saturated carbocycles. The van der Waals surface area contributed by atoms with Gasteiger partial charge >= 0.3 is 0 Å². The van der Waals surface area contributed by atoms with Gasteiger partial charge in [-0.15, -0.1) is 0 Å². The van der Waals surface area contributed by atoms with Gasteiger partial charge in [-0.3, -0.25) is 4.79 Å². The number of aromatic nitrogens is 4. The van der Waals surface area contributed by atoms with Gasteiger partial charge in [0.25, 0.3) is 0 Å². The van der Waals surface area contributed by atoms with Crippen LogP contribution in [0.25, 0.3) is 22.3 Å². The Bertz CT molecular complexity index is 1740. The number of pyridine rings is 1. The van der Waals surface area contributed by atoms with Crippen molar-refractivity contribution in [1.82, 2.24) is 29.5 Å². The molecule has 3 fully saturated rings. The summed E-state index contributed by atoms with van der Waals surface area (Å²) in [7, 11) is 3.95. The zero-order valence-electron chi connectivity index (χ0n) is 24.7. The molecule has 1 amide bonds. The van der Waals surface area contributed by atoms with Crippen LogP contribution in [0.1, 0.15) is 36.6 Å². The van der Waals surface area contributed by atoms with E-state index in [4.69, 9.17) is 10.1 Å². The molecule has 5 heterocycles. The Morgan fingerprint density at radius 1 is 1.02 bits per heavy atom. The maximum Gasteiger partial charge on any atom is 0.238 e. The summed E-state index contributed by atoms with van der Waals surface area (Å²) in [6.07, 6.45) is 3.68. The molecule has 0 radical (unpaired) electrons. The first-order valence-corrected chi connectivity index (χ1v) is 15.8. The topological polar surface area (TPSA) is 97.4 Å². The van der Waals surface area contributed by atoms with Gasteiger partial charge in [-0.25, -0.2) is 14.1 Å². The molecule has 0 atom stereocenters. The number of nitriles is 1. The second kappa shape index (κ2) is 11.4. The average Bonchev–Trinajstić information content (AvgIpc) is 3.69. The second-order valence-corrected chi connectivity index (χ2v) is 12.9. The van der Waals surface area contributed by atoms with Gasteiger partial charge in [-0.1, -0.05) is 11.3 Å². The molecule has 0 unspecified atom stereocenters. The maximum absolute atomic E-state index is 15.5. The highest BCUT2D eigenvalue weighted by atomic mass is 32.1. The predicted octanol–water partition coefficient (Wildman–Crippen LogP) is 4.80. The summed E-state index contributed by atoms with van der Waals surface area (Å²) in [6, 6.07) is 10.1. The quantitative estimate of drug-likeness (QED) is 0.285. The van der Waals surface area contributed by atoms with Crippen LogP contribution in [-0.2, 0) is 4.79 Å². The van der Waals surface area contributed by atoms with Gasteiger partial charge in [0.1, 0.15) is 28.3 Å². The predicted molar refractivity (Wildman–Crippen MR) is 165 cm³/mol. The van der Waals surface area contributed by atoms with Crippen molar-refractivity contribution < 1.29 is 13.6 Å². The molecule has 13 heteroatoms. The number of thiazole rings is 1. The molecular weight excluding hydrogens is 584 g/mol. The van der Waals surface area contributed by atoms with Crippen LogP contribution in [0.5, 0.6) is 0 Å². The van der Waals surface area contributed by atoms with E-state index in [2.05, 4.69) is 23.0 Å². The molecule has 3 aromatic heterocycles. The zero-order chi connectivity index (χ0) is 30.5. The normalized spacial score (nSPS) is 18.2. The molecule has 0 bridgehead atoms. The smallest absolute Gasteiger partial charge is 0.238 e. The minimum absolute atomic E-state index is 0.0647. The van der Waals surface area contributed by atoms with Crippen LogP contribution in [0, 0.1) is 29.0 Å². The zero-order valence-corrected chi connectivity index (χ0v) is 25.5. The van der Waals surface area contributed by atoms with E-state index < -0.39 is 5.95 Å². The summed E-state index contributed by atoms with van der Waals surface area (Å²) in [6.45, 7) is 3.99. The molecule has 0 N–H and O–H groups in total. The van der Waals surface area contributed by atoms with Gasteiger partial charge in [-0.05, 0) is 76.2 Å². The van der Waals surface area contributed by atoms with E-state index in [1.807, 2.05) is 32.5 Å². The summed E-state index contributed by atoms with van der Waals surface area (Å²) in [5, 5.41) is 15.8. The fraction of sp³-hybridized carbons (Fsp3) is 0.452. The van der Waals surface area contributed by atoms with Crippen LogP contribution >= 0.6 is 11.3 Å². The van der Waals surface area contributed by atoms with Crippen molar-refractivity contribution >= 4 is 44.9 Å². The van der Waals surface area contributed by atoms with Gasteiger partial charge in [-0.2, -0.15) is 19.7 Å². The number of hydrogen-bond acceptors (Lipinski definition) is 9. The lowest BCUT2D eigenvalue weighted by Crippen LogP contribution is -2.51. The number of rotatable bonds is 6. The van der Waals surface area contributed by atoms with Crippen molar-refractivity contribution in [3.63, 3.8) is 0 Å². The van der Waals surface area contributed by atoms with Crippen LogP contribution in [0.2, 0.25) is 0 Å². The Morgan fingerprint density at radius 3 is 2.39 bits per heavy atom. The van der Waals surface area contributed by atoms with Gasteiger partial charge in [0.05, 0.1) is 17.1 Å². The van der Waals surface area contributed by atoms with Crippen molar-refractivity contribution in [2.24, 2.45) is 5.92 Å². The molecule has 10 nitrogen and oxygen atoms in total. The first-order valence-electron chi connectivity index (χ1n) is 15.0. The summed E-state index contributed by atoms with van der Waals surface area (Å²) < 4.78 is 31.0. The average molecular weight is 618 g/mol. The number of hydrogen-bond donors (Lipinski definition) is 0. The lowest BCUT2D eigenvalue weighted by molar-refractivity contribution is -0.137. The molecule has 228 valence electrons. The molecule has 44 heavy (non-hydrogen) atoms. The summed E-state index contributed by atoms with van der Waals surface area (Å²) in [4.78, 5) is 30.7. The number of benzene rings is 1. The third-order valence-corrected chi connectivity index (χ3v) is 9.97. The SMILES string of the molecule is CN1CCC(C(=O)N2CCN(c3cc4c(N(C)c5nc(-c6ccc(F)cc6)c(C#N)s5)n(C5CC5)nc4nc3F)CC2)CC1. The van der Waals surface area contributed by atoms with Crippen molar-refractivity contribution in [2.75, 3.05) is 63.2 Å². The standard InChI is InChI=1S/C31H33F2N9OS/c1-38-11-9-20(10-12-38)30(43)41-15-13-40(14-16-41)24-17-23-28(36-27(24)33)37-42(22-7-8-22)29(23)39(2)31-35-26(25(18-34)44-31)19-3-5-21(32)6-4-19/h3-6,17,20,22H,7-16H2,1-2H3. The largest absolute Gasteiger partial charge is 0.364 e. The van der Waals surface area contributed by atoms with Crippen LogP contribution in [0.15, 0.2) is 30.3 Å².